The van der Waals surface area contributed by atoms with Gasteiger partial charge in [0.25, 0.3) is 11.1 Å². The molecule has 0 aliphatic carbocycles. The second-order valence-electron chi connectivity index (χ2n) is 6.46. The Balaban J connectivity index is 1.49. The zero-order valence-corrected chi connectivity index (χ0v) is 20.7. The molecule has 1 fully saturated rings. The largest absolute Gasteiger partial charge is 0.488 e. The van der Waals surface area contributed by atoms with E-state index >= 15 is 0 Å². The van der Waals surface area contributed by atoms with Crippen LogP contribution in [0.4, 0.5) is 10.5 Å². The van der Waals surface area contributed by atoms with E-state index in [2.05, 4.69) is 57.3 Å². The van der Waals surface area contributed by atoms with Crippen molar-refractivity contribution in [3.63, 3.8) is 0 Å². The number of para-hydroxylation sites is 1. The van der Waals surface area contributed by atoms with Crippen molar-refractivity contribution >= 4 is 79.9 Å². The van der Waals surface area contributed by atoms with Crippen molar-refractivity contribution in [3.05, 3.63) is 96.0 Å². The molecule has 3 aromatic carbocycles. The van der Waals surface area contributed by atoms with Gasteiger partial charge in [0.15, 0.2) is 0 Å². The van der Waals surface area contributed by atoms with Crippen LogP contribution in [0, 0.1) is 7.14 Å². The maximum atomic E-state index is 12.7. The van der Waals surface area contributed by atoms with Crippen LogP contribution in [0.1, 0.15) is 11.1 Å². The first-order chi connectivity index (χ1) is 14.5. The molecule has 1 saturated heterocycles. The highest BCUT2D eigenvalue weighted by Gasteiger charge is 2.36. The molecule has 4 nitrogen and oxygen atoms in total. The summed E-state index contributed by atoms with van der Waals surface area (Å²) >= 11 is 5.45. The third-order valence-electron chi connectivity index (χ3n) is 4.37. The second-order valence-corrected chi connectivity index (χ2v) is 9.86. The third-order valence-corrected chi connectivity index (χ3v) is 6.80. The molecular weight excluding hydrogens is 624 g/mol. The van der Waals surface area contributed by atoms with E-state index in [-0.39, 0.29) is 11.1 Å². The molecule has 0 spiro atoms. The summed E-state index contributed by atoms with van der Waals surface area (Å²) in [7, 11) is 0. The monoisotopic (exact) mass is 639 g/mol. The van der Waals surface area contributed by atoms with Gasteiger partial charge in [-0.15, -0.1) is 0 Å². The van der Waals surface area contributed by atoms with E-state index in [4.69, 9.17) is 4.74 Å². The molecule has 4 rings (SSSR count). The molecule has 150 valence electrons. The maximum Gasteiger partial charge on any atom is 0.298 e. The Hall–Kier alpha value is -1.85. The molecule has 30 heavy (non-hydrogen) atoms. The fraction of sp³-hybridized carbons (Fsp3) is 0.0435. The number of ether oxygens (including phenoxy) is 1. The first-order valence-electron chi connectivity index (χ1n) is 9.01. The van der Waals surface area contributed by atoms with Gasteiger partial charge < -0.3 is 4.74 Å². The Morgan fingerprint density at radius 2 is 1.67 bits per heavy atom. The standard InChI is InChI=1S/C23H15I2NO3S/c24-17-9-6-15(7-10-17)14-29-20-11-8-16(12-19(20)25)13-21-22(27)26(23(28)30-21)18-4-2-1-3-5-18/h1-13H,14H2/b21-13-. The van der Waals surface area contributed by atoms with Gasteiger partial charge in [-0.25, -0.2) is 4.90 Å². The first kappa shape index (κ1) is 21.4. The fourth-order valence-electron chi connectivity index (χ4n) is 2.88. The molecule has 2 amide bonds. The molecule has 0 saturated carbocycles. The van der Waals surface area contributed by atoms with Crippen LogP contribution in [-0.2, 0) is 11.4 Å². The summed E-state index contributed by atoms with van der Waals surface area (Å²) in [5.74, 6) is 0.480. The van der Waals surface area contributed by atoms with E-state index < -0.39 is 0 Å². The predicted molar refractivity (Wildman–Crippen MR) is 138 cm³/mol. The van der Waals surface area contributed by atoms with E-state index in [0.29, 0.717) is 17.2 Å². The zero-order chi connectivity index (χ0) is 21.1. The summed E-state index contributed by atoms with van der Waals surface area (Å²) in [5.41, 5.74) is 2.53. The van der Waals surface area contributed by atoms with Crippen LogP contribution in [0.5, 0.6) is 5.75 Å². The van der Waals surface area contributed by atoms with Crippen LogP contribution in [0.3, 0.4) is 0 Å². The normalized spacial score (nSPS) is 15.1. The SMILES string of the molecule is O=C1S/C(=C\c2ccc(OCc3ccc(I)cc3)c(I)c2)C(=O)N1c1ccccc1. The summed E-state index contributed by atoms with van der Waals surface area (Å²) < 4.78 is 8.06. The number of hydrogen-bond donors (Lipinski definition) is 0. The van der Waals surface area contributed by atoms with Crippen molar-refractivity contribution in [2.45, 2.75) is 6.61 Å². The molecule has 0 aromatic heterocycles. The number of carbonyl (C=O) groups excluding carboxylic acids is 2. The van der Waals surface area contributed by atoms with Crippen molar-refractivity contribution < 1.29 is 14.3 Å². The van der Waals surface area contributed by atoms with Gasteiger partial charge in [-0.2, -0.15) is 0 Å². The summed E-state index contributed by atoms with van der Waals surface area (Å²) in [6.07, 6.45) is 1.75. The molecule has 7 heteroatoms. The van der Waals surface area contributed by atoms with Crippen LogP contribution in [0.15, 0.2) is 77.7 Å². The molecule has 0 unspecified atom stereocenters. The number of benzene rings is 3. The number of halogens is 2. The summed E-state index contributed by atoms with van der Waals surface area (Å²) in [6, 6.07) is 22.9. The number of amides is 2. The van der Waals surface area contributed by atoms with Gasteiger partial charge in [0.1, 0.15) is 12.4 Å². The van der Waals surface area contributed by atoms with Crippen LogP contribution >= 0.6 is 56.9 Å². The van der Waals surface area contributed by atoms with Crippen molar-refractivity contribution in [1.29, 1.82) is 0 Å². The number of imide groups is 1. The topological polar surface area (TPSA) is 46.6 Å². The number of hydrogen-bond acceptors (Lipinski definition) is 4. The lowest BCUT2D eigenvalue weighted by molar-refractivity contribution is -0.113. The lowest BCUT2D eigenvalue weighted by Gasteiger charge is -2.11. The molecule has 0 N–H and O–H groups in total. The smallest absolute Gasteiger partial charge is 0.298 e. The van der Waals surface area contributed by atoms with Gasteiger partial charge in [-0.1, -0.05) is 36.4 Å². The Kier molecular flexibility index (Phi) is 6.79. The number of carbonyl (C=O) groups is 2. The quantitative estimate of drug-likeness (QED) is 0.230. The number of rotatable bonds is 5. The van der Waals surface area contributed by atoms with Crippen LogP contribution in [0.2, 0.25) is 0 Å². The Morgan fingerprint density at radius 3 is 2.37 bits per heavy atom. The van der Waals surface area contributed by atoms with E-state index in [1.165, 1.54) is 8.47 Å². The molecule has 1 heterocycles. The van der Waals surface area contributed by atoms with Crippen molar-refractivity contribution in [3.8, 4) is 5.75 Å². The summed E-state index contributed by atoms with van der Waals surface area (Å²) in [4.78, 5) is 26.7. The molecule has 1 aliphatic heterocycles. The lowest BCUT2D eigenvalue weighted by Crippen LogP contribution is -2.27. The fourth-order valence-corrected chi connectivity index (χ4v) is 4.78. The lowest BCUT2D eigenvalue weighted by atomic mass is 10.2. The van der Waals surface area contributed by atoms with E-state index in [1.54, 1.807) is 30.3 Å². The summed E-state index contributed by atoms with van der Waals surface area (Å²) in [5, 5.41) is -0.287. The molecule has 3 aromatic rings. The van der Waals surface area contributed by atoms with Gasteiger partial charge >= 0.3 is 0 Å². The van der Waals surface area contributed by atoms with Gasteiger partial charge in [0.05, 0.1) is 14.2 Å². The predicted octanol–water partition coefficient (Wildman–Crippen LogP) is 6.72. The van der Waals surface area contributed by atoms with Crippen LogP contribution in [0.25, 0.3) is 6.08 Å². The van der Waals surface area contributed by atoms with E-state index in [1.807, 2.05) is 36.4 Å². The van der Waals surface area contributed by atoms with E-state index in [0.717, 1.165) is 32.2 Å². The molecular formula is C23H15I2NO3S. The van der Waals surface area contributed by atoms with Gasteiger partial charge in [0, 0.05) is 3.57 Å². The maximum absolute atomic E-state index is 12.7. The van der Waals surface area contributed by atoms with Gasteiger partial charge in [0.2, 0.25) is 0 Å². The Bertz CT molecular complexity index is 1130. The van der Waals surface area contributed by atoms with Gasteiger partial charge in [-0.05, 0) is 111 Å². The number of nitrogens with zero attached hydrogens (tertiary/aromatic N) is 1. The Morgan fingerprint density at radius 1 is 0.933 bits per heavy atom. The molecule has 1 aliphatic rings. The second kappa shape index (κ2) is 9.52. The van der Waals surface area contributed by atoms with Crippen molar-refractivity contribution in [2.24, 2.45) is 0 Å². The average molecular weight is 639 g/mol. The van der Waals surface area contributed by atoms with Gasteiger partial charge in [-0.3, -0.25) is 9.59 Å². The highest BCUT2D eigenvalue weighted by atomic mass is 127. The molecule has 0 radical (unpaired) electrons. The third kappa shape index (κ3) is 4.89. The zero-order valence-electron chi connectivity index (χ0n) is 15.5. The molecule has 0 bridgehead atoms. The minimum Gasteiger partial charge on any atom is -0.488 e. The number of anilines is 1. The minimum atomic E-state index is -0.301. The van der Waals surface area contributed by atoms with Crippen LogP contribution in [-0.4, -0.2) is 11.1 Å². The summed E-state index contributed by atoms with van der Waals surface area (Å²) in [6.45, 7) is 0.488. The Labute approximate surface area is 206 Å². The van der Waals surface area contributed by atoms with Crippen molar-refractivity contribution in [2.75, 3.05) is 4.90 Å². The molecule has 0 atom stereocenters. The minimum absolute atomic E-state index is 0.287. The van der Waals surface area contributed by atoms with Crippen LogP contribution < -0.4 is 9.64 Å². The highest BCUT2D eigenvalue weighted by molar-refractivity contribution is 14.1. The number of thioether (sulfide) groups is 1. The van der Waals surface area contributed by atoms with Crippen molar-refractivity contribution in [1.82, 2.24) is 0 Å². The average Bonchev–Trinajstić information content (AvgIpc) is 3.02. The van der Waals surface area contributed by atoms with E-state index in [9.17, 15) is 9.59 Å². The highest BCUT2D eigenvalue weighted by Crippen LogP contribution is 2.36. The first-order valence-corrected chi connectivity index (χ1v) is 12.0.